The molecular formula is C16H17N3O5. The van der Waals surface area contributed by atoms with E-state index in [0.29, 0.717) is 17.0 Å². The minimum Gasteiger partial charge on any atom is -0.465 e. The lowest BCUT2D eigenvalue weighted by Crippen LogP contribution is -2.33. The molecule has 0 saturated heterocycles. The van der Waals surface area contributed by atoms with Gasteiger partial charge in [0.15, 0.2) is 0 Å². The summed E-state index contributed by atoms with van der Waals surface area (Å²) in [7, 11) is 1.28. The van der Waals surface area contributed by atoms with E-state index in [9.17, 15) is 14.4 Å². The Labute approximate surface area is 138 Å². The van der Waals surface area contributed by atoms with E-state index in [4.69, 9.17) is 4.52 Å². The average molecular weight is 331 g/mol. The van der Waals surface area contributed by atoms with Gasteiger partial charge >= 0.3 is 5.97 Å². The topological polar surface area (TPSA) is 111 Å². The van der Waals surface area contributed by atoms with Crippen LogP contribution in [0.1, 0.15) is 32.0 Å². The minimum atomic E-state index is -0.498. The molecule has 8 nitrogen and oxygen atoms in total. The minimum absolute atomic E-state index is 0.231. The van der Waals surface area contributed by atoms with Crippen LogP contribution in [0, 0.1) is 13.8 Å². The van der Waals surface area contributed by atoms with Crippen LogP contribution in [0.4, 0.5) is 5.69 Å². The number of aryl methyl sites for hydroxylation is 2. The van der Waals surface area contributed by atoms with E-state index in [1.54, 1.807) is 26.0 Å². The van der Waals surface area contributed by atoms with Crippen LogP contribution in [-0.2, 0) is 9.53 Å². The molecule has 1 heterocycles. The molecule has 1 aromatic heterocycles. The van der Waals surface area contributed by atoms with Crippen LogP contribution in [0.25, 0.3) is 0 Å². The van der Waals surface area contributed by atoms with Gasteiger partial charge in [-0.15, -0.1) is 0 Å². The Kier molecular flexibility index (Phi) is 5.31. The second-order valence-corrected chi connectivity index (χ2v) is 5.05. The van der Waals surface area contributed by atoms with Gasteiger partial charge in [0.1, 0.15) is 11.3 Å². The molecule has 1 aromatic carbocycles. The predicted molar refractivity (Wildman–Crippen MR) is 84.7 cm³/mol. The second kappa shape index (κ2) is 7.40. The molecule has 0 aliphatic heterocycles. The number of benzene rings is 1. The van der Waals surface area contributed by atoms with Crippen molar-refractivity contribution in [2.24, 2.45) is 0 Å². The van der Waals surface area contributed by atoms with Crippen LogP contribution >= 0.6 is 0 Å². The molecule has 0 atom stereocenters. The number of amides is 2. The van der Waals surface area contributed by atoms with Crippen molar-refractivity contribution in [3.05, 3.63) is 46.8 Å². The number of carbonyl (C=O) groups excluding carboxylic acids is 3. The van der Waals surface area contributed by atoms with Crippen molar-refractivity contribution in [3.63, 3.8) is 0 Å². The summed E-state index contributed by atoms with van der Waals surface area (Å²) in [4.78, 5) is 35.4. The summed E-state index contributed by atoms with van der Waals surface area (Å²) in [5.74, 6) is -1.01. The third kappa shape index (κ3) is 3.97. The highest BCUT2D eigenvalue weighted by Gasteiger charge is 2.15. The largest absolute Gasteiger partial charge is 0.465 e. The normalized spacial score (nSPS) is 10.1. The average Bonchev–Trinajstić information content (AvgIpc) is 3.00. The van der Waals surface area contributed by atoms with Crippen LogP contribution in [-0.4, -0.2) is 36.6 Å². The Morgan fingerprint density at radius 1 is 1.25 bits per heavy atom. The standard InChI is InChI=1S/C16H17N3O5/c1-9-4-5-11(16(22)23-3)6-13(9)19-14(20)8-17-15(21)12-7-18-24-10(12)2/h4-7H,8H2,1-3H3,(H,17,21)(H,19,20). The van der Waals surface area contributed by atoms with Gasteiger partial charge in [0, 0.05) is 5.69 Å². The zero-order chi connectivity index (χ0) is 17.7. The molecule has 0 radical (unpaired) electrons. The monoisotopic (exact) mass is 331 g/mol. The van der Waals surface area contributed by atoms with Crippen molar-refractivity contribution < 1.29 is 23.6 Å². The first-order valence-corrected chi connectivity index (χ1v) is 7.10. The Morgan fingerprint density at radius 2 is 2.00 bits per heavy atom. The lowest BCUT2D eigenvalue weighted by atomic mass is 10.1. The molecule has 0 aliphatic carbocycles. The maximum atomic E-state index is 12.0. The number of methoxy groups -OCH3 is 1. The summed E-state index contributed by atoms with van der Waals surface area (Å²) in [5.41, 5.74) is 1.84. The number of hydrogen-bond donors (Lipinski definition) is 2. The lowest BCUT2D eigenvalue weighted by Gasteiger charge is -2.10. The molecule has 2 aromatic rings. The van der Waals surface area contributed by atoms with Gasteiger partial charge in [-0.25, -0.2) is 4.79 Å². The Hall–Kier alpha value is -3.16. The highest BCUT2D eigenvalue weighted by Crippen LogP contribution is 2.17. The zero-order valence-corrected chi connectivity index (χ0v) is 13.5. The van der Waals surface area contributed by atoms with E-state index in [1.165, 1.54) is 19.4 Å². The number of hydrogen-bond acceptors (Lipinski definition) is 6. The van der Waals surface area contributed by atoms with Crippen LogP contribution < -0.4 is 10.6 Å². The van der Waals surface area contributed by atoms with Crippen molar-refractivity contribution in [1.82, 2.24) is 10.5 Å². The van der Waals surface area contributed by atoms with E-state index in [0.717, 1.165) is 5.56 Å². The summed E-state index contributed by atoms with van der Waals surface area (Å²) in [6.45, 7) is 3.16. The van der Waals surface area contributed by atoms with Gasteiger partial charge in [0.25, 0.3) is 5.91 Å². The van der Waals surface area contributed by atoms with E-state index < -0.39 is 17.8 Å². The van der Waals surface area contributed by atoms with Crippen molar-refractivity contribution in [3.8, 4) is 0 Å². The van der Waals surface area contributed by atoms with Gasteiger partial charge in [0.2, 0.25) is 5.91 Å². The molecule has 126 valence electrons. The highest BCUT2D eigenvalue weighted by molar-refractivity contribution is 6.00. The first-order chi connectivity index (χ1) is 11.4. The van der Waals surface area contributed by atoms with Gasteiger partial charge in [0.05, 0.1) is 25.4 Å². The maximum Gasteiger partial charge on any atom is 0.337 e. The van der Waals surface area contributed by atoms with Gasteiger partial charge in [-0.1, -0.05) is 11.2 Å². The molecule has 2 rings (SSSR count). The summed E-state index contributed by atoms with van der Waals surface area (Å²) >= 11 is 0. The van der Waals surface area contributed by atoms with Crippen LogP contribution in [0.3, 0.4) is 0 Å². The van der Waals surface area contributed by atoms with Gasteiger partial charge in [-0.3, -0.25) is 9.59 Å². The quantitative estimate of drug-likeness (QED) is 0.802. The molecule has 0 bridgehead atoms. The van der Waals surface area contributed by atoms with Crippen LogP contribution in [0.2, 0.25) is 0 Å². The van der Waals surface area contributed by atoms with Gasteiger partial charge in [-0.2, -0.15) is 0 Å². The number of nitrogens with zero attached hydrogens (tertiary/aromatic N) is 1. The number of ether oxygens (including phenoxy) is 1. The third-order valence-electron chi connectivity index (χ3n) is 3.34. The molecule has 0 saturated carbocycles. The Balaban J connectivity index is 1.98. The molecular weight excluding hydrogens is 314 g/mol. The molecule has 8 heteroatoms. The molecule has 0 aliphatic rings. The summed E-state index contributed by atoms with van der Waals surface area (Å²) in [6, 6.07) is 4.82. The van der Waals surface area contributed by atoms with E-state index in [2.05, 4.69) is 20.5 Å². The fourth-order valence-corrected chi connectivity index (χ4v) is 1.97. The van der Waals surface area contributed by atoms with Crippen molar-refractivity contribution in [2.75, 3.05) is 19.0 Å². The third-order valence-corrected chi connectivity index (χ3v) is 3.34. The lowest BCUT2D eigenvalue weighted by molar-refractivity contribution is -0.115. The molecule has 0 spiro atoms. The van der Waals surface area contributed by atoms with Gasteiger partial charge < -0.3 is 19.9 Å². The zero-order valence-electron chi connectivity index (χ0n) is 13.5. The predicted octanol–water partition coefficient (Wildman–Crippen LogP) is 1.45. The SMILES string of the molecule is COC(=O)c1ccc(C)c(NC(=O)CNC(=O)c2cnoc2C)c1. The second-order valence-electron chi connectivity index (χ2n) is 5.05. The van der Waals surface area contributed by atoms with Crippen molar-refractivity contribution >= 4 is 23.5 Å². The molecule has 2 amide bonds. The smallest absolute Gasteiger partial charge is 0.337 e. The molecule has 0 fully saturated rings. The fraction of sp³-hybridized carbons (Fsp3) is 0.250. The van der Waals surface area contributed by atoms with Gasteiger partial charge in [-0.05, 0) is 31.5 Å². The molecule has 0 unspecified atom stereocenters. The van der Waals surface area contributed by atoms with E-state index >= 15 is 0 Å². The van der Waals surface area contributed by atoms with E-state index in [1.807, 2.05) is 0 Å². The number of esters is 1. The number of aromatic nitrogens is 1. The first-order valence-electron chi connectivity index (χ1n) is 7.10. The first kappa shape index (κ1) is 17.2. The summed E-state index contributed by atoms with van der Waals surface area (Å²) < 4.78 is 9.44. The van der Waals surface area contributed by atoms with Crippen LogP contribution in [0.15, 0.2) is 28.9 Å². The van der Waals surface area contributed by atoms with Crippen LogP contribution in [0.5, 0.6) is 0 Å². The Bertz CT molecular complexity index is 782. The summed E-state index contributed by atoms with van der Waals surface area (Å²) in [6.07, 6.45) is 1.28. The number of nitrogens with one attached hydrogen (secondary N) is 2. The van der Waals surface area contributed by atoms with E-state index in [-0.39, 0.29) is 12.1 Å². The molecule has 2 N–H and O–H groups in total. The number of carbonyl (C=O) groups is 3. The highest BCUT2D eigenvalue weighted by atomic mass is 16.5. The Morgan fingerprint density at radius 3 is 2.62 bits per heavy atom. The number of rotatable bonds is 5. The van der Waals surface area contributed by atoms with Crippen molar-refractivity contribution in [2.45, 2.75) is 13.8 Å². The van der Waals surface area contributed by atoms with Crippen molar-refractivity contribution in [1.29, 1.82) is 0 Å². The maximum absolute atomic E-state index is 12.0. The number of anilines is 1. The molecule has 24 heavy (non-hydrogen) atoms. The summed E-state index contributed by atoms with van der Waals surface area (Å²) in [5, 5.41) is 8.62. The fourth-order valence-electron chi connectivity index (χ4n) is 1.97.